The van der Waals surface area contributed by atoms with Gasteiger partial charge in [-0.3, -0.25) is 9.38 Å². The van der Waals surface area contributed by atoms with Gasteiger partial charge in [0.1, 0.15) is 5.75 Å². The molecule has 1 saturated heterocycles. The molecular weight excluding hydrogens is 479 g/mol. The van der Waals surface area contributed by atoms with Crippen LogP contribution in [0.5, 0.6) is 5.75 Å². The van der Waals surface area contributed by atoms with E-state index in [1.165, 1.54) is 0 Å². The number of benzene rings is 1. The highest BCUT2D eigenvalue weighted by atomic mass is 127. The summed E-state index contributed by atoms with van der Waals surface area (Å²) in [6, 6.07) is 5.24. The van der Waals surface area contributed by atoms with E-state index in [0.717, 1.165) is 31.9 Å². The van der Waals surface area contributed by atoms with Gasteiger partial charge >= 0.3 is 0 Å². The molecule has 0 bridgehead atoms. The number of nitrogens with one attached hydrogen (secondary N) is 1. The predicted molar refractivity (Wildman–Crippen MR) is 114 cm³/mol. The van der Waals surface area contributed by atoms with E-state index in [1.807, 2.05) is 0 Å². The molecule has 1 aliphatic heterocycles. The number of halogens is 4. The summed E-state index contributed by atoms with van der Waals surface area (Å²) in [7, 11) is 1.76. The van der Waals surface area contributed by atoms with Crippen molar-refractivity contribution in [1.82, 2.24) is 10.2 Å². The Morgan fingerprint density at radius 3 is 2.48 bits per heavy atom. The van der Waals surface area contributed by atoms with Gasteiger partial charge in [0.05, 0.1) is 13.3 Å². The SMILES string of the molecule is CN=C(NCCCF)N1CCC(COc2cc(Cl)cc(Cl)c2)CC1.I. The number of piperidine rings is 1. The summed E-state index contributed by atoms with van der Waals surface area (Å²) in [5.41, 5.74) is 0. The van der Waals surface area contributed by atoms with E-state index in [9.17, 15) is 4.39 Å². The monoisotopic (exact) mass is 503 g/mol. The number of hydrogen-bond acceptors (Lipinski definition) is 2. The molecule has 1 heterocycles. The first-order valence-electron chi connectivity index (χ1n) is 8.23. The smallest absolute Gasteiger partial charge is 0.193 e. The summed E-state index contributed by atoms with van der Waals surface area (Å²) in [4.78, 5) is 6.48. The van der Waals surface area contributed by atoms with Gasteiger partial charge < -0.3 is 15.0 Å². The Bertz CT molecular complexity index is 534. The van der Waals surface area contributed by atoms with Gasteiger partial charge in [-0.2, -0.15) is 0 Å². The topological polar surface area (TPSA) is 36.9 Å². The Morgan fingerprint density at radius 1 is 1.28 bits per heavy atom. The molecule has 1 N–H and O–H groups in total. The highest BCUT2D eigenvalue weighted by Crippen LogP contribution is 2.25. The summed E-state index contributed by atoms with van der Waals surface area (Å²) in [5, 5.41) is 4.36. The van der Waals surface area contributed by atoms with Crippen LogP contribution in [0.3, 0.4) is 0 Å². The van der Waals surface area contributed by atoms with Crippen LogP contribution >= 0.6 is 47.2 Å². The summed E-state index contributed by atoms with van der Waals surface area (Å²) in [6.45, 7) is 2.79. The molecule has 1 aromatic carbocycles. The van der Waals surface area contributed by atoms with Crippen molar-refractivity contribution in [2.45, 2.75) is 19.3 Å². The number of rotatable bonds is 6. The lowest BCUT2D eigenvalue weighted by Crippen LogP contribution is -2.46. The second kappa shape index (κ2) is 12.0. The maximum absolute atomic E-state index is 12.2. The number of hydrogen-bond donors (Lipinski definition) is 1. The molecule has 1 fully saturated rings. The van der Waals surface area contributed by atoms with Gasteiger partial charge in [0, 0.05) is 36.7 Å². The Balaban J connectivity index is 0.00000312. The van der Waals surface area contributed by atoms with Crippen molar-refractivity contribution in [2.24, 2.45) is 10.9 Å². The second-order valence-electron chi connectivity index (χ2n) is 5.86. The highest BCUT2D eigenvalue weighted by Gasteiger charge is 2.22. The fourth-order valence-corrected chi connectivity index (χ4v) is 3.24. The summed E-state index contributed by atoms with van der Waals surface area (Å²) in [5.74, 6) is 2.05. The third-order valence-electron chi connectivity index (χ3n) is 4.04. The number of likely N-dealkylation sites (tertiary alicyclic amines) is 1. The minimum absolute atomic E-state index is 0. The first-order chi connectivity index (χ1) is 11.6. The zero-order valence-corrected chi connectivity index (χ0v) is 18.2. The molecule has 0 aromatic heterocycles. The van der Waals surface area contributed by atoms with E-state index in [-0.39, 0.29) is 30.7 Å². The second-order valence-corrected chi connectivity index (χ2v) is 6.74. The third kappa shape index (κ3) is 7.74. The van der Waals surface area contributed by atoms with Gasteiger partial charge in [0.2, 0.25) is 0 Å². The summed E-state index contributed by atoms with van der Waals surface area (Å²) in [6.07, 6.45) is 2.56. The molecule has 0 radical (unpaired) electrons. The predicted octanol–water partition coefficient (Wildman–Crippen LogP) is 4.64. The molecule has 0 aliphatic carbocycles. The van der Waals surface area contributed by atoms with Crippen molar-refractivity contribution in [3.63, 3.8) is 0 Å². The first-order valence-corrected chi connectivity index (χ1v) is 8.98. The van der Waals surface area contributed by atoms with Crippen molar-refractivity contribution >= 4 is 53.1 Å². The van der Waals surface area contributed by atoms with Crippen LogP contribution < -0.4 is 10.1 Å². The third-order valence-corrected chi connectivity index (χ3v) is 4.48. The maximum Gasteiger partial charge on any atom is 0.193 e. The number of guanidine groups is 1. The summed E-state index contributed by atoms with van der Waals surface area (Å²) >= 11 is 12.0. The normalized spacial score (nSPS) is 15.7. The van der Waals surface area contributed by atoms with Crippen LogP contribution in [0.15, 0.2) is 23.2 Å². The summed E-state index contributed by atoms with van der Waals surface area (Å²) < 4.78 is 18.0. The van der Waals surface area contributed by atoms with E-state index in [1.54, 1.807) is 25.2 Å². The van der Waals surface area contributed by atoms with Gasteiger partial charge in [-0.05, 0) is 43.4 Å². The minimum Gasteiger partial charge on any atom is -0.493 e. The average molecular weight is 504 g/mol. The molecule has 142 valence electrons. The quantitative estimate of drug-likeness (QED) is 0.266. The fraction of sp³-hybridized carbons (Fsp3) is 0.588. The van der Waals surface area contributed by atoms with E-state index in [2.05, 4.69) is 15.2 Å². The molecule has 1 aromatic rings. The first kappa shape index (κ1) is 22.6. The van der Waals surface area contributed by atoms with Crippen molar-refractivity contribution < 1.29 is 9.13 Å². The van der Waals surface area contributed by atoms with Gasteiger partial charge in [0.25, 0.3) is 0 Å². The molecule has 1 aliphatic rings. The van der Waals surface area contributed by atoms with E-state index < -0.39 is 0 Å². The molecular formula is C17H25Cl2FIN3O. The van der Waals surface area contributed by atoms with E-state index >= 15 is 0 Å². The molecule has 0 spiro atoms. The van der Waals surface area contributed by atoms with E-state index in [0.29, 0.717) is 41.3 Å². The molecule has 0 saturated carbocycles. The Morgan fingerprint density at radius 2 is 1.92 bits per heavy atom. The molecule has 0 atom stereocenters. The molecule has 0 amide bonds. The molecule has 8 heteroatoms. The number of ether oxygens (including phenoxy) is 1. The van der Waals surface area contributed by atoms with Crippen molar-refractivity contribution in [3.8, 4) is 5.75 Å². The van der Waals surface area contributed by atoms with Crippen LogP contribution in [0.1, 0.15) is 19.3 Å². The van der Waals surface area contributed by atoms with Gasteiger partial charge in [0.15, 0.2) is 5.96 Å². The van der Waals surface area contributed by atoms with E-state index in [4.69, 9.17) is 27.9 Å². The Labute approximate surface area is 176 Å². The van der Waals surface area contributed by atoms with Gasteiger partial charge in [-0.15, -0.1) is 24.0 Å². The molecule has 2 rings (SSSR count). The fourth-order valence-electron chi connectivity index (χ4n) is 2.74. The lowest BCUT2D eigenvalue weighted by Gasteiger charge is -2.34. The van der Waals surface area contributed by atoms with Crippen LogP contribution in [0.4, 0.5) is 4.39 Å². The highest BCUT2D eigenvalue weighted by molar-refractivity contribution is 14.0. The minimum atomic E-state index is -0.309. The molecule has 0 unspecified atom stereocenters. The number of aliphatic imine (C=N–C) groups is 1. The van der Waals surface area contributed by atoms with Crippen LogP contribution in [0.2, 0.25) is 10.0 Å². The largest absolute Gasteiger partial charge is 0.493 e. The van der Waals surface area contributed by atoms with Crippen molar-refractivity contribution in [1.29, 1.82) is 0 Å². The molecule has 25 heavy (non-hydrogen) atoms. The Kier molecular flexibility index (Phi) is 10.8. The van der Waals surface area contributed by atoms with Crippen molar-refractivity contribution in [3.05, 3.63) is 28.2 Å². The van der Waals surface area contributed by atoms with Crippen LogP contribution in [0, 0.1) is 5.92 Å². The zero-order valence-electron chi connectivity index (χ0n) is 14.3. The lowest BCUT2D eigenvalue weighted by molar-refractivity contribution is 0.179. The standard InChI is InChI=1S/C17H24Cl2FN3O.HI/c1-21-17(22-6-2-5-20)23-7-3-13(4-8-23)12-24-16-10-14(18)9-15(19)11-16;/h9-11,13H,2-8,12H2,1H3,(H,21,22);1H. The molecule has 4 nitrogen and oxygen atoms in total. The van der Waals surface area contributed by atoms with Crippen LogP contribution in [-0.2, 0) is 0 Å². The number of alkyl halides is 1. The average Bonchev–Trinajstić information content (AvgIpc) is 2.57. The van der Waals surface area contributed by atoms with Crippen LogP contribution in [0.25, 0.3) is 0 Å². The number of nitrogens with zero attached hydrogens (tertiary/aromatic N) is 2. The van der Waals surface area contributed by atoms with Gasteiger partial charge in [-0.25, -0.2) is 0 Å². The zero-order chi connectivity index (χ0) is 17.4. The Hall–Kier alpha value is -0.470. The maximum atomic E-state index is 12.2. The van der Waals surface area contributed by atoms with Crippen LogP contribution in [-0.4, -0.2) is 50.8 Å². The van der Waals surface area contributed by atoms with Gasteiger partial charge in [-0.1, -0.05) is 23.2 Å². The lowest BCUT2D eigenvalue weighted by atomic mass is 9.98. The van der Waals surface area contributed by atoms with Crippen molar-refractivity contribution in [2.75, 3.05) is 40.0 Å².